The fraction of sp³-hybridized carbons (Fsp3) is 0.400. The Labute approximate surface area is 207 Å². The van der Waals surface area contributed by atoms with Gasteiger partial charge in [0.15, 0.2) is 6.10 Å². The summed E-state index contributed by atoms with van der Waals surface area (Å²) < 4.78 is 12.5. The minimum Gasteiger partial charge on any atom is -0.497 e. The zero-order chi connectivity index (χ0) is 23.9. The van der Waals surface area contributed by atoms with E-state index in [1.165, 1.54) is 48.9 Å². The predicted octanol–water partition coefficient (Wildman–Crippen LogP) is 4.92. The second-order valence-electron chi connectivity index (χ2n) is 10.3. The Morgan fingerprint density at radius 2 is 1.94 bits per heavy atom. The molecule has 35 heavy (non-hydrogen) atoms. The van der Waals surface area contributed by atoms with Gasteiger partial charge in [0, 0.05) is 47.4 Å². The van der Waals surface area contributed by atoms with E-state index in [2.05, 4.69) is 55.2 Å². The third kappa shape index (κ3) is 4.02. The molecular formula is C30H34N3O2+. The third-order valence-corrected chi connectivity index (χ3v) is 8.43. The molecule has 2 aromatic carbocycles. The molecule has 5 heteroatoms. The summed E-state index contributed by atoms with van der Waals surface area (Å²) in [4.78, 5) is 11.3. The molecule has 180 valence electrons. The fourth-order valence-corrected chi connectivity index (χ4v) is 6.56. The Bertz CT molecular complexity index is 1370. The molecule has 0 spiro atoms. The first-order chi connectivity index (χ1) is 17.1. The van der Waals surface area contributed by atoms with Crippen LogP contribution in [0.1, 0.15) is 43.4 Å². The van der Waals surface area contributed by atoms with Gasteiger partial charge in [0.1, 0.15) is 11.8 Å². The van der Waals surface area contributed by atoms with E-state index < -0.39 is 0 Å². The lowest BCUT2D eigenvalue weighted by atomic mass is 9.72. The SMILES string of the molecule is CC[C@@H]1C[NH+]2CC[C@@H]1C[C@@H]2[C@H](Oc1cc(C)c2ccccc2n1)c1ccnc2ccc(OC)cc12. The molecule has 1 N–H and O–H groups in total. The monoisotopic (exact) mass is 468 g/mol. The largest absolute Gasteiger partial charge is 0.497 e. The number of ether oxygens (including phenoxy) is 2. The second-order valence-corrected chi connectivity index (χ2v) is 10.3. The molecule has 0 aliphatic carbocycles. The first-order valence-electron chi connectivity index (χ1n) is 12.9. The number of nitrogens with zero attached hydrogens (tertiary/aromatic N) is 2. The number of rotatable bonds is 6. The summed E-state index contributed by atoms with van der Waals surface area (Å²) >= 11 is 0. The van der Waals surface area contributed by atoms with Crippen molar-refractivity contribution in [3.8, 4) is 11.6 Å². The van der Waals surface area contributed by atoms with Gasteiger partial charge in [-0.1, -0.05) is 25.1 Å². The Hall–Kier alpha value is -3.18. The van der Waals surface area contributed by atoms with E-state index in [1.807, 2.05) is 24.4 Å². The first kappa shape index (κ1) is 22.3. The molecule has 5 atom stereocenters. The van der Waals surface area contributed by atoms with Crippen LogP contribution in [0.2, 0.25) is 0 Å². The molecule has 2 aromatic heterocycles. The lowest BCUT2D eigenvalue weighted by molar-refractivity contribution is -0.950. The molecule has 3 fully saturated rings. The normalized spacial score (nSPS) is 24.5. The number of benzene rings is 2. The molecule has 3 aliphatic rings. The Kier molecular flexibility index (Phi) is 5.81. The molecule has 7 rings (SSSR count). The van der Waals surface area contributed by atoms with Gasteiger partial charge in [0.2, 0.25) is 5.88 Å². The van der Waals surface area contributed by atoms with E-state index in [0.717, 1.165) is 34.0 Å². The van der Waals surface area contributed by atoms with Crippen LogP contribution in [0.4, 0.5) is 0 Å². The maximum atomic E-state index is 6.93. The summed E-state index contributed by atoms with van der Waals surface area (Å²) in [7, 11) is 1.72. The standard InChI is InChI=1S/C30H33N3O2/c1-4-20-18-33-14-12-21(20)16-28(33)30(24-11-13-31-26-10-9-22(34-3)17-25(24)26)35-29-15-19(2)23-7-5-6-8-27(23)32-29/h5-11,13,15,17,20-21,28,30H,4,12,14,16,18H2,1-3H3/p+1/t20-,21-,28-,30-/m1/s1. The van der Waals surface area contributed by atoms with Crippen LogP contribution < -0.4 is 14.4 Å². The number of aromatic nitrogens is 2. The van der Waals surface area contributed by atoms with Crippen molar-refractivity contribution in [1.29, 1.82) is 0 Å². The van der Waals surface area contributed by atoms with Crippen LogP contribution in [0.5, 0.6) is 11.6 Å². The molecule has 3 saturated heterocycles. The number of nitrogens with one attached hydrogen (secondary N) is 1. The van der Waals surface area contributed by atoms with Crippen molar-refractivity contribution in [2.45, 2.75) is 45.3 Å². The smallest absolute Gasteiger partial charge is 0.214 e. The molecule has 5 nitrogen and oxygen atoms in total. The number of para-hydroxylation sites is 1. The average Bonchev–Trinajstić information content (AvgIpc) is 2.91. The third-order valence-electron chi connectivity index (χ3n) is 8.43. The van der Waals surface area contributed by atoms with E-state index in [1.54, 1.807) is 12.0 Å². The molecule has 5 heterocycles. The van der Waals surface area contributed by atoms with Gasteiger partial charge in [-0.2, -0.15) is 0 Å². The van der Waals surface area contributed by atoms with Crippen molar-refractivity contribution in [1.82, 2.24) is 9.97 Å². The van der Waals surface area contributed by atoms with E-state index in [4.69, 9.17) is 14.5 Å². The molecule has 3 aliphatic heterocycles. The fourth-order valence-electron chi connectivity index (χ4n) is 6.56. The number of piperidine rings is 3. The second kappa shape index (κ2) is 9.12. The molecular weight excluding hydrogens is 434 g/mol. The van der Waals surface area contributed by atoms with Crippen molar-refractivity contribution in [2.24, 2.45) is 11.8 Å². The molecule has 0 amide bonds. The van der Waals surface area contributed by atoms with Gasteiger partial charge in [-0.05, 0) is 55.2 Å². The van der Waals surface area contributed by atoms with Crippen LogP contribution in [0, 0.1) is 18.8 Å². The predicted molar refractivity (Wildman–Crippen MR) is 139 cm³/mol. The van der Waals surface area contributed by atoms with Crippen LogP contribution in [0.3, 0.4) is 0 Å². The van der Waals surface area contributed by atoms with E-state index >= 15 is 0 Å². The van der Waals surface area contributed by atoms with Gasteiger partial charge in [-0.15, -0.1) is 0 Å². The number of methoxy groups -OCH3 is 1. The van der Waals surface area contributed by atoms with Crippen LogP contribution in [-0.4, -0.2) is 36.2 Å². The molecule has 0 saturated carbocycles. The number of hydrogen-bond donors (Lipinski definition) is 1. The lowest BCUT2D eigenvalue weighted by Crippen LogP contribution is -3.20. The minimum atomic E-state index is -0.101. The van der Waals surface area contributed by atoms with Crippen molar-refractivity contribution in [3.63, 3.8) is 0 Å². The maximum Gasteiger partial charge on any atom is 0.214 e. The van der Waals surface area contributed by atoms with Crippen molar-refractivity contribution < 1.29 is 14.4 Å². The zero-order valence-electron chi connectivity index (χ0n) is 20.8. The van der Waals surface area contributed by atoms with Crippen molar-refractivity contribution in [3.05, 3.63) is 71.9 Å². The lowest BCUT2D eigenvalue weighted by Gasteiger charge is -2.48. The Morgan fingerprint density at radius 1 is 1.06 bits per heavy atom. The maximum absolute atomic E-state index is 6.93. The highest BCUT2D eigenvalue weighted by atomic mass is 16.5. The van der Waals surface area contributed by atoms with Crippen molar-refractivity contribution >= 4 is 21.8 Å². The summed E-state index contributed by atoms with van der Waals surface area (Å²) in [5.41, 5.74) is 4.32. The summed E-state index contributed by atoms with van der Waals surface area (Å²) in [6, 6.07) is 19.1. The Balaban J connectivity index is 1.46. The van der Waals surface area contributed by atoms with Gasteiger partial charge in [0.25, 0.3) is 0 Å². The highest BCUT2D eigenvalue weighted by Gasteiger charge is 2.47. The number of aryl methyl sites for hydroxylation is 1. The van der Waals surface area contributed by atoms with Gasteiger partial charge in [-0.3, -0.25) is 4.98 Å². The number of quaternary nitrogens is 1. The van der Waals surface area contributed by atoms with Crippen molar-refractivity contribution in [2.75, 3.05) is 20.2 Å². The van der Waals surface area contributed by atoms with Gasteiger partial charge >= 0.3 is 0 Å². The van der Waals surface area contributed by atoms with E-state index in [9.17, 15) is 0 Å². The average molecular weight is 469 g/mol. The highest BCUT2D eigenvalue weighted by Crippen LogP contribution is 2.38. The van der Waals surface area contributed by atoms with E-state index in [0.29, 0.717) is 11.9 Å². The minimum absolute atomic E-state index is 0.101. The number of pyridine rings is 2. The van der Waals surface area contributed by atoms with E-state index in [-0.39, 0.29) is 6.10 Å². The zero-order valence-corrected chi connectivity index (χ0v) is 20.8. The van der Waals surface area contributed by atoms with Gasteiger partial charge < -0.3 is 14.4 Å². The highest BCUT2D eigenvalue weighted by molar-refractivity contribution is 5.84. The summed E-state index contributed by atoms with van der Waals surface area (Å²) in [6.07, 6.45) is 5.61. The van der Waals surface area contributed by atoms with Gasteiger partial charge in [0.05, 0.1) is 31.2 Å². The molecule has 1 unspecified atom stereocenters. The Morgan fingerprint density at radius 3 is 2.74 bits per heavy atom. The number of fused-ring (bicyclic) bond motifs is 5. The van der Waals surface area contributed by atoms with Crippen LogP contribution in [0.25, 0.3) is 21.8 Å². The molecule has 4 aromatic rings. The quantitative estimate of drug-likeness (QED) is 0.436. The summed E-state index contributed by atoms with van der Waals surface area (Å²) in [6.45, 7) is 6.95. The molecule has 0 radical (unpaired) electrons. The van der Waals surface area contributed by atoms with Crippen LogP contribution >= 0.6 is 0 Å². The van der Waals surface area contributed by atoms with Gasteiger partial charge in [-0.25, -0.2) is 4.98 Å². The van der Waals surface area contributed by atoms with Crippen LogP contribution in [-0.2, 0) is 0 Å². The number of hydrogen-bond acceptors (Lipinski definition) is 4. The molecule has 2 bridgehead atoms. The topological polar surface area (TPSA) is 48.7 Å². The first-order valence-corrected chi connectivity index (χ1v) is 12.9. The summed E-state index contributed by atoms with van der Waals surface area (Å²) in [5, 5.41) is 2.27. The van der Waals surface area contributed by atoms with Crippen LogP contribution in [0.15, 0.2) is 60.8 Å². The summed E-state index contributed by atoms with van der Waals surface area (Å²) in [5.74, 6) is 3.15.